The highest BCUT2D eigenvalue weighted by molar-refractivity contribution is 14.1. The average Bonchev–Trinajstić information content (AvgIpc) is 2.39. The molecule has 0 heterocycles. The average molecular weight is 406 g/mol. The molecule has 2 aromatic rings. The SMILES string of the molecule is CNC(Cc1cc(Cl)ccc1Cl)c1cccc(I)c1. The minimum atomic E-state index is 0.227. The Hall–Kier alpha value is -0.290. The number of rotatable bonds is 4. The standard InChI is InChI=1S/C15H14Cl2IN/c1-19-15(10-3-2-4-13(18)8-10)9-11-7-12(16)5-6-14(11)17/h2-8,15,19H,9H2,1H3. The van der Waals surface area contributed by atoms with Crippen molar-refractivity contribution in [3.63, 3.8) is 0 Å². The molecule has 0 spiro atoms. The molecule has 1 nitrogen and oxygen atoms in total. The summed E-state index contributed by atoms with van der Waals surface area (Å²) in [6.45, 7) is 0. The highest BCUT2D eigenvalue weighted by Crippen LogP contribution is 2.26. The third-order valence-corrected chi connectivity index (χ3v) is 4.31. The van der Waals surface area contributed by atoms with Crippen LogP contribution in [0.4, 0.5) is 0 Å². The van der Waals surface area contributed by atoms with E-state index >= 15 is 0 Å². The molecule has 19 heavy (non-hydrogen) atoms. The number of likely N-dealkylation sites (N-methyl/N-ethyl adjacent to an activating group) is 1. The lowest BCUT2D eigenvalue weighted by atomic mass is 9.99. The quantitative estimate of drug-likeness (QED) is 0.697. The zero-order valence-electron chi connectivity index (χ0n) is 10.5. The lowest BCUT2D eigenvalue weighted by Gasteiger charge is -2.18. The fraction of sp³-hybridized carbons (Fsp3) is 0.200. The van der Waals surface area contributed by atoms with E-state index in [2.05, 4.69) is 52.2 Å². The highest BCUT2D eigenvalue weighted by Gasteiger charge is 2.12. The van der Waals surface area contributed by atoms with E-state index in [4.69, 9.17) is 23.2 Å². The third kappa shape index (κ3) is 4.09. The maximum atomic E-state index is 6.23. The van der Waals surface area contributed by atoms with Crippen molar-refractivity contribution in [1.82, 2.24) is 5.32 Å². The largest absolute Gasteiger partial charge is 0.313 e. The molecule has 0 aliphatic heterocycles. The second kappa shape index (κ2) is 6.93. The first kappa shape index (κ1) is 15.1. The van der Waals surface area contributed by atoms with E-state index in [-0.39, 0.29) is 6.04 Å². The Morgan fingerprint density at radius 1 is 1.16 bits per heavy atom. The van der Waals surface area contributed by atoms with Gasteiger partial charge in [-0.1, -0.05) is 35.3 Å². The lowest BCUT2D eigenvalue weighted by Crippen LogP contribution is -2.19. The first-order chi connectivity index (χ1) is 9.10. The topological polar surface area (TPSA) is 12.0 Å². The Bertz CT molecular complexity index is 572. The van der Waals surface area contributed by atoms with E-state index in [1.807, 2.05) is 25.2 Å². The van der Waals surface area contributed by atoms with Crippen LogP contribution in [-0.4, -0.2) is 7.05 Å². The molecule has 2 aromatic carbocycles. The van der Waals surface area contributed by atoms with Crippen molar-refractivity contribution < 1.29 is 0 Å². The van der Waals surface area contributed by atoms with Crippen LogP contribution in [0, 0.1) is 3.57 Å². The molecule has 2 rings (SSSR count). The summed E-state index contributed by atoms with van der Waals surface area (Å²) in [4.78, 5) is 0. The van der Waals surface area contributed by atoms with Crippen molar-refractivity contribution >= 4 is 45.8 Å². The lowest BCUT2D eigenvalue weighted by molar-refractivity contribution is 0.592. The molecular formula is C15H14Cl2IN. The molecule has 0 saturated carbocycles. The molecule has 1 N–H and O–H groups in total. The summed E-state index contributed by atoms with van der Waals surface area (Å²) in [5, 5.41) is 4.81. The fourth-order valence-corrected chi connectivity index (χ4v) is 2.99. The summed E-state index contributed by atoms with van der Waals surface area (Å²) < 4.78 is 1.23. The Balaban J connectivity index is 2.26. The van der Waals surface area contributed by atoms with E-state index in [1.165, 1.54) is 9.13 Å². The van der Waals surface area contributed by atoms with Crippen molar-refractivity contribution in [2.75, 3.05) is 7.05 Å². The van der Waals surface area contributed by atoms with Gasteiger partial charge in [0.2, 0.25) is 0 Å². The third-order valence-electron chi connectivity index (χ3n) is 3.03. The number of nitrogens with one attached hydrogen (secondary N) is 1. The maximum Gasteiger partial charge on any atom is 0.0439 e. The van der Waals surface area contributed by atoms with Gasteiger partial charge in [0.1, 0.15) is 0 Å². The molecule has 100 valence electrons. The van der Waals surface area contributed by atoms with Crippen LogP contribution in [0.25, 0.3) is 0 Å². The van der Waals surface area contributed by atoms with Gasteiger partial charge in [-0.2, -0.15) is 0 Å². The van der Waals surface area contributed by atoms with Crippen molar-refractivity contribution in [2.45, 2.75) is 12.5 Å². The summed E-state index contributed by atoms with van der Waals surface area (Å²) in [5.41, 5.74) is 2.32. The Labute approximate surface area is 137 Å². The number of benzene rings is 2. The summed E-state index contributed by atoms with van der Waals surface area (Å²) in [7, 11) is 1.96. The van der Waals surface area contributed by atoms with Crippen LogP contribution in [0.3, 0.4) is 0 Å². The zero-order chi connectivity index (χ0) is 13.8. The first-order valence-corrected chi connectivity index (χ1v) is 7.80. The molecular weight excluding hydrogens is 392 g/mol. The van der Waals surface area contributed by atoms with Crippen LogP contribution in [0.15, 0.2) is 42.5 Å². The summed E-state index contributed by atoms with van der Waals surface area (Å²) in [6, 6.07) is 14.3. The molecule has 0 saturated heterocycles. The smallest absolute Gasteiger partial charge is 0.0439 e. The van der Waals surface area contributed by atoms with Crippen LogP contribution in [0.1, 0.15) is 17.2 Å². The Morgan fingerprint density at radius 3 is 2.63 bits per heavy atom. The fourth-order valence-electron chi connectivity index (χ4n) is 2.03. The molecule has 1 atom stereocenters. The van der Waals surface area contributed by atoms with E-state index < -0.39 is 0 Å². The van der Waals surface area contributed by atoms with E-state index in [0.29, 0.717) is 0 Å². The normalized spacial score (nSPS) is 12.4. The highest BCUT2D eigenvalue weighted by atomic mass is 127. The van der Waals surface area contributed by atoms with Crippen LogP contribution in [-0.2, 0) is 6.42 Å². The van der Waals surface area contributed by atoms with Gasteiger partial charge in [0.25, 0.3) is 0 Å². The second-order valence-electron chi connectivity index (χ2n) is 4.34. The van der Waals surface area contributed by atoms with Gasteiger partial charge in [0, 0.05) is 19.7 Å². The Kier molecular flexibility index (Phi) is 5.51. The van der Waals surface area contributed by atoms with E-state index in [1.54, 1.807) is 0 Å². The van der Waals surface area contributed by atoms with Crippen LogP contribution in [0.5, 0.6) is 0 Å². The van der Waals surface area contributed by atoms with Gasteiger partial charge in [-0.05, 0) is 77.5 Å². The van der Waals surface area contributed by atoms with E-state index in [0.717, 1.165) is 22.0 Å². The molecule has 0 aromatic heterocycles. The predicted molar refractivity (Wildman–Crippen MR) is 91.1 cm³/mol. The van der Waals surface area contributed by atoms with Gasteiger partial charge in [-0.25, -0.2) is 0 Å². The van der Waals surface area contributed by atoms with Gasteiger partial charge >= 0.3 is 0 Å². The number of halogens is 3. The molecule has 4 heteroatoms. The minimum Gasteiger partial charge on any atom is -0.313 e. The van der Waals surface area contributed by atoms with Gasteiger partial charge in [-0.3, -0.25) is 0 Å². The van der Waals surface area contributed by atoms with Gasteiger partial charge in [-0.15, -0.1) is 0 Å². The van der Waals surface area contributed by atoms with Gasteiger partial charge in [0.15, 0.2) is 0 Å². The molecule has 0 bridgehead atoms. The monoisotopic (exact) mass is 405 g/mol. The second-order valence-corrected chi connectivity index (χ2v) is 6.43. The molecule has 0 aliphatic rings. The molecule has 0 radical (unpaired) electrons. The van der Waals surface area contributed by atoms with Crippen molar-refractivity contribution in [2.24, 2.45) is 0 Å². The van der Waals surface area contributed by atoms with E-state index in [9.17, 15) is 0 Å². The van der Waals surface area contributed by atoms with Crippen LogP contribution < -0.4 is 5.32 Å². The molecule has 0 amide bonds. The summed E-state index contributed by atoms with van der Waals surface area (Å²) >= 11 is 14.6. The van der Waals surface area contributed by atoms with Gasteiger partial charge in [0.05, 0.1) is 0 Å². The molecule has 0 aliphatic carbocycles. The van der Waals surface area contributed by atoms with Crippen molar-refractivity contribution in [3.8, 4) is 0 Å². The van der Waals surface area contributed by atoms with Gasteiger partial charge < -0.3 is 5.32 Å². The van der Waals surface area contributed by atoms with Crippen molar-refractivity contribution in [1.29, 1.82) is 0 Å². The Morgan fingerprint density at radius 2 is 1.95 bits per heavy atom. The molecule has 1 unspecified atom stereocenters. The summed E-state index contributed by atoms with van der Waals surface area (Å²) in [5.74, 6) is 0. The maximum absolute atomic E-state index is 6.23. The number of hydrogen-bond acceptors (Lipinski definition) is 1. The minimum absolute atomic E-state index is 0.227. The van der Waals surface area contributed by atoms with Crippen LogP contribution >= 0.6 is 45.8 Å². The number of hydrogen-bond donors (Lipinski definition) is 1. The first-order valence-electron chi connectivity index (χ1n) is 5.97. The predicted octanol–water partition coefficient (Wildman–Crippen LogP) is 5.10. The zero-order valence-corrected chi connectivity index (χ0v) is 14.1. The summed E-state index contributed by atoms with van der Waals surface area (Å²) in [6.07, 6.45) is 0.815. The van der Waals surface area contributed by atoms with Crippen molar-refractivity contribution in [3.05, 3.63) is 67.2 Å². The van der Waals surface area contributed by atoms with Crippen LogP contribution in [0.2, 0.25) is 10.0 Å². The molecule has 0 fully saturated rings.